The van der Waals surface area contributed by atoms with Gasteiger partial charge in [0.05, 0.1) is 10.6 Å². The van der Waals surface area contributed by atoms with Crippen LogP contribution in [0, 0.1) is 20.8 Å². The van der Waals surface area contributed by atoms with Crippen molar-refractivity contribution in [2.24, 2.45) is 0 Å². The number of aryl methyl sites for hydroxylation is 3. The molecular formula is C36H40ClN3O4S. The van der Waals surface area contributed by atoms with E-state index in [2.05, 4.69) is 5.32 Å². The van der Waals surface area contributed by atoms with Crippen molar-refractivity contribution in [2.45, 2.75) is 64.6 Å². The van der Waals surface area contributed by atoms with Crippen LogP contribution in [0.5, 0.6) is 0 Å². The molecule has 1 N–H and O–H groups in total. The van der Waals surface area contributed by atoms with Crippen LogP contribution < -0.4 is 9.62 Å². The number of anilines is 1. The van der Waals surface area contributed by atoms with Gasteiger partial charge < -0.3 is 10.2 Å². The summed E-state index contributed by atoms with van der Waals surface area (Å²) in [4.78, 5) is 29.9. The summed E-state index contributed by atoms with van der Waals surface area (Å²) in [5.41, 5.74) is 4.44. The molecule has 0 aliphatic carbocycles. The first kappa shape index (κ1) is 33.7. The zero-order valence-corrected chi connectivity index (χ0v) is 27.9. The van der Waals surface area contributed by atoms with Crippen LogP contribution in [0.25, 0.3) is 0 Å². The fraction of sp³-hybridized carbons (Fsp3) is 0.278. The maximum Gasteiger partial charge on any atom is 0.264 e. The minimum atomic E-state index is -4.18. The molecule has 236 valence electrons. The van der Waals surface area contributed by atoms with E-state index in [1.54, 1.807) is 48.5 Å². The molecule has 4 aromatic carbocycles. The summed E-state index contributed by atoms with van der Waals surface area (Å²) in [7, 11) is -4.18. The van der Waals surface area contributed by atoms with Crippen LogP contribution in [0.1, 0.15) is 41.7 Å². The van der Waals surface area contributed by atoms with Crippen LogP contribution in [0.2, 0.25) is 5.02 Å². The molecule has 2 amide bonds. The Bertz CT molecular complexity index is 1740. The van der Waals surface area contributed by atoms with E-state index in [1.165, 1.54) is 4.90 Å². The van der Waals surface area contributed by atoms with Gasteiger partial charge in [-0.2, -0.15) is 0 Å². The summed E-state index contributed by atoms with van der Waals surface area (Å²) in [6, 6.07) is 27.5. The van der Waals surface area contributed by atoms with Crippen molar-refractivity contribution in [3.8, 4) is 0 Å². The number of nitrogens with zero attached hydrogens (tertiary/aromatic N) is 2. The normalized spacial score (nSPS) is 12.1. The SMILES string of the molecule is Cc1ccc(S(=O)(=O)N(CC(=O)N(Cc2cccc(Cl)c2)C(Cc2ccccc2)C(=O)NC(C)C)c2cc(C)ccc2C)cc1. The van der Waals surface area contributed by atoms with Crippen molar-refractivity contribution >= 4 is 39.1 Å². The summed E-state index contributed by atoms with van der Waals surface area (Å²) >= 11 is 6.31. The fourth-order valence-corrected chi connectivity index (χ4v) is 6.79. The number of carbonyl (C=O) groups is 2. The summed E-state index contributed by atoms with van der Waals surface area (Å²) in [6.07, 6.45) is 0.236. The van der Waals surface area contributed by atoms with Crippen LogP contribution in [0.3, 0.4) is 0 Å². The van der Waals surface area contributed by atoms with E-state index in [1.807, 2.05) is 83.1 Å². The van der Waals surface area contributed by atoms with Gasteiger partial charge >= 0.3 is 0 Å². The molecule has 0 bridgehead atoms. The molecule has 0 fully saturated rings. The van der Waals surface area contributed by atoms with E-state index in [0.29, 0.717) is 21.8 Å². The number of hydrogen-bond donors (Lipinski definition) is 1. The van der Waals surface area contributed by atoms with Crippen molar-refractivity contribution in [1.29, 1.82) is 0 Å². The zero-order chi connectivity index (χ0) is 32.7. The molecule has 4 rings (SSSR count). The summed E-state index contributed by atoms with van der Waals surface area (Å²) in [6.45, 7) is 8.82. The third-order valence-electron chi connectivity index (χ3n) is 7.47. The van der Waals surface area contributed by atoms with Gasteiger partial charge in [0.15, 0.2) is 0 Å². The number of sulfonamides is 1. The standard InChI is InChI=1S/C36H40ClN3O4S/c1-25(2)38-36(42)34(22-29-10-7-6-8-11-29)39(23-30-12-9-13-31(37)21-30)35(41)24-40(33-20-27(4)14-17-28(33)5)45(43,44)32-18-15-26(3)16-19-32/h6-21,25,34H,22-24H2,1-5H3,(H,38,42). The lowest BCUT2D eigenvalue weighted by molar-refractivity contribution is -0.140. The molecule has 0 aliphatic rings. The smallest absolute Gasteiger partial charge is 0.264 e. The predicted octanol–water partition coefficient (Wildman–Crippen LogP) is 6.63. The molecule has 1 unspecified atom stereocenters. The van der Waals surface area contributed by atoms with Crippen LogP contribution in [0.4, 0.5) is 5.69 Å². The summed E-state index contributed by atoms with van der Waals surface area (Å²) < 4.78 is 29.7. The Balaban J connectivity index is 1.84. The van der Waals surface area contributed by atoms with Gasteiger partial charge in [-0.25, -0.2) is 8.42 Å². The lowest BCUT2D eigenvalue weighted by Crippen LogP contribution is -2.54. The minimum Gasteiger partial charge on any atom is -0.352 e. The fourth-order valence-electron chi connectivity index (χ4n) is 5.11. The number of rotatable bonds is 12. The molecule has 0 saturated heterocycles. The number of halogens is 1. The first-order chi connectivity index (χ1) is 21.3. The molecule has 0 radical (unpaired) electrons. The highest BCUT2D eigenvalue weighted by Crippen LogP contribution is 2.29. The molecular weight excluding hydrogens is 606 g/mol. The van der Waals surface area contributed by atoms with Crippen molar-refractivity contribution in [1.82, 2.24) is 10.2 Å². The monoisotopic (exact) mass is 645 g/mol. The van der Waals surface area contributed by atoms with Crippen LogP contribution in [0.15, 0.2) is 102 Å². The minimum absolute atomic E-state index is 0.0492. The van der Waals surface area contributed by atoms with Crippen molar-refractivity contribution < 1.29 is 18.0 Å². The van der Waals surface area contributed by atoms with E-state index >= 15 is 0 Å². The highest BCUT2D eigenvalue weighted by atomic mass is 35.5. The summed E-state index contributed by atoms with van der Waals surface area (Å²) in [5.74, 6) is -0.852. The van der Waals surface area contributed by atoms with Crippen molar-refractivity contribution in [2.75, 3.05) is 10.8 Å². The number of nitrogens with one attached hydrogen (secondary N) is 1. The summed E-state index contributed by atoms with van der Waals surface area (Å²) in [5, 5.41) is 3.46. The molecule has 0 aliphatic heterocycles. The van der Waals surface area contributed by atoms with E-state index in [4.69, 9.17) is 11.6 Å². The lowest BCUT2D eigenvalue weighted by atomic mass is 10.0. The second-order valence-electron chi connectivity index (χ2n) is 11.6. The highest BCUT2D eigenvalue weighted by molar-refractivity contribution is 7.92. The Kier molecular flexibility index (Phi) is 11.1. The quantitative estimate of drug-likeness (QED) is 0.188. The molecule has 7 nitrogen and oxygen atoms in total. The molecule has 0 saturated carbocycles. The van der Waals surface area contributed by atoms with Gasteiger partial charge in [0.1, 0.15) is 12.6 Å². The Morgan fingerprint density at radius 2 is 1.44 bits per heavy atom. The molecule has 9 heteroatoms. The van der Waals surface area contributed by atoms with E-state index in [9.17, 15) is 18.0 Å². The average molecular weight is 646 g/mol. The van der Waals surface area contributed by atoms with Gasteiger partial charge in [0.25, 0.3) is 10.0 Å². The average Bonchev–Trinajstić information content (AvgIpc) is 2.99. The number of carbonyl (C=O) groups excluding carboxylic acids is 2. The Morgan fingerprint density at radius 3 is 2.09 bits per heavy atom. The molecule has 0 aromatic heterocycles. The number of amides is 2. The lowest BCUT2D eigenvalue weighted by Gasteiger charge is -2.34. The topological polar surface area (TPSA) is 86.8 Å². The van der Waals surface area contributed by atoms with Gasteiger partial charge in [0.2, 0.25) is 11.8 Å². The van der Waals surface area contributed by atoms with Gasteiger partial charge in [-0.3, -0.25) is 13.9 Å². The van der Waals surface area contributed by atoms with Crippen molar-refractivity contribution in [3.63, 3.8) is 0 Å². The van der Waals surface area contributed by atoms with E-state index < -0.39 is 28.5 Å². The van der Waals surface area contributed by atoms with E-state index in [0.717, 1.165) is 21.0 Å². The second kappa shape index (κ2) is 14.8. The third kappa shape index (κ3) is 8.74. The molecule has 0 heterocycles. The maximum atomic E-state index is 14.6. The van der Waals surface area contributed by atoms with Crippen LogP contribution in [-0.4, -0.2) is 43.8 Å². The van der Waals surface area contributed by atoms with Gasteiger partial charge in [-0.15, -0.1) is 0 Å². The molecule has 45 heavy (non-hydrogen) atoms. The van der Waals surface area contributed by atoms with Crippen LogP contribution in [-0.2, 0) is 32.6 Å². The second-order valence-corrected chi connectivity index (χ2v) is 13.9. The van der Waals surface area contributed by atoms with Crippen LogP contribution >= 0.6 is 11.6 Å². The highest BCUT2D eigenvalue weighted by Gasteiger charge is 2.35. The predicted molar refractivity (Wildman–Crippen MR) is 181 cm³/mol. The molecule has 1 atom stereocenters. The molecule has 4 aromatic rings. The first-order valence-electron chi connectivity index (χ1n) is 14.9. The Labute approximate surface area is 271 Å². The van der Waals surface area contributed by atoms with Gasteiger partial charge in [0, 0.05) is 24.0 Å². The molecule has 0 spiro atoms. The Morgan fingerprint density at radius 1 is 0.800 bits per heavy atom. The number of benzene rings is 4. The van der Waals surface area contributed by atoms with E-state index in [-0.39, 0.29) is 29.8 Å². The zero-order valence-electron chi connectivity index (χ0n) is 26.3. The van der Waals surface area contributed by atoms with Crippen molar-refractivity contribution in [3.05, 3.63) is 130 Å². The Hall–Kier alpha value is -4.14. The third-order valence-corrected chi connectivity index (χ3v) is 9.47. The van der Waals surface area contributed by atoms with Gasteiger partial charge in [-0.1, -0.05) is 83.9 Å². The largest absolute Gasteiger partial charge is 0.352 e. The van der Waals surface area contributed by atoms with Gasteiger partial charge in [-0.05, 0) is 87.2 Å². The maximum absolute atomic E-state index is 14.6. The first-order valence-corrected chi connectivity index (χ1v) is 16.7. The number of hydrogen-bond acceptors (Lipinski definition) is 4.